The normalized spacial score (nSPS) is 39.2. The van der Waals surface area contributed by atoms with E-state index in [1.54, 1.807) is 5.57 Å². The van der Waals surface area contributed by atoms with Gasteiger partial charge in [-0.3, -0.25) is 0 Å². The van der Waals surface area contributed by atoms with Crippen LogP contribution in [-0.4, -0.2) is 11.2 Å². The first-order chi connectivity index (χ1) is 17.9. The number of nitrogen functional groups attached to an aromatic ring is 2. The lowest BCUT2D eigenvalue weighted by Crippen LogP contribution is -2.52. The number of aliphatic hydroxyl groups excluding tert-OH is 1. The summed E-state index contributed by atoms with van der Waals surface area (Å²) in [6, 6.07) is 5.87. The summed E-state index contributed by atoms with van der Waals surface area (Å²) in [6.45, 7) is 14.7. The van der Waals surface area contributed by atoms with Crippen LogP contribution in [0.5, 0.6) is 0 Å². The van der Waals surface area contributed by atoms with E-state index in [9.17, 15) is 5.11 Å². The molecule has 8 unspecified atom stereocenters. The van der Waals surface area contributed by atoms with Gasteiger partial charge >= 0.3 is 0 Å². The largest absolute Gasteiger partial charge is 0.399 e. The molecule has 3 heteroatoms. The van der Waals surface area contributed by atoms with Gasteiger partial charge in [0.25, 0.3) is 0 Å². The highest BCUT2D eigenvalue weighted by Gasteiger charge is 2.59. The van der Waals surface area contributed by atoms with E-state index in [4.69, 9.17) is 11.5 Å². The molecule has 3 nitrogen and oxygen atoms in total. The third-order valence-electron chi connectivity index (χ3n) is 12.1. The predicted octanol–water partition coefficient (Wildman–Crippen LogP) is 8.33. The van der Waals surface area contributed by atoms with E-state index >= 15 is 0 Å². The van der Waals surface area contributed by atoms with Gasteiger partial charge in [0.2, 0.25) is 0 Å². The second-order valence-electron chi connectivity index (χ2n) is 14.9. The van der Waals surface area contributed by atoms with Crippen LogP contribution in [0.2, 0.25) is 0 Å². The minimum absolute atomic E-state index is 0.0434. The van der Waals surface area contributed by atoms with Crippen LogP contribution in [0.4, 0.5) is 11.4 Å². The van der Waals surface area contributed by atoms with Crippen LogP contribution in [0.15, 0.2) is 41.5 Å². The van der Waals surface area contributed by atoms with Crippen molar-refractivity contribution < 1.29 is 5.11 Å². The zero-order valence-corrected chi connectivity index (χ0v) is 25.0. The second-order valence-corrected chi connectivity index (χ2v) is 14.9. The molecule has 8 atom stereocenters. The molecule has 0 saturated heterocycles. The lowest BCUT2D eigenvalue weighted by Gasteiger charge is -2.58. The van der Waals surface area contributed by atoms with Crippen LogP contribution in [0.3, 0.4) is 0 Å². The Balaban J connectivity index is 1.42. The summed E-state index contributed by atoms with van der Waals surface area (Å²) in [5, 5.41) is 11.5. The molecule has 0 heterocycles. The number of aliphatic hydroxyl groups is 1. The molecule has 38 heavy (non-hydrogen) atoms. The lowest BCUT2D eigenvalue weighted by atomic mass is 9.47. The van der Waals surface area contributed by atoms with E-state index < -0.39 is 0 Å². The van der Waals surface area contributed by atoms with E-state index in [1.807, 2.05) is 12.1 Å². The third-order valence-corrected chi connectivity index (χ3v) is 12.1. The van der Waals surface area contributed by atoms with Gasteiger partial charge in [0.05, 0.1) is 6.10 Å². The second kappa shape index (κ2) is 10.0. The molecule has 0 aliphatic heterocycles. The minimum atomic E-state index is -0.354. The first-order valence-electron chi connectivity index (χ1n) is 15.6. The SMILES string of the molecule is CC(C)CCCC(C)C1CCC2C3CC=C4C(C)(CCC(O)C4(C)Cc4ccc(N)cc4N)C3=CCC12C. The molecular formula is C35H54N2O. The van der Waals surface area contributed by atoms with Crippen LogP contribution >= 0.6 is 0 Å². The summed E-state index contributed by atoms with van der Waals surface area (Å²) in [4.78, 5) is 0. The quantitative estimate of drug-likeness (QED) is 0.251. The van der Waals surface area contributed by atoms with Gasteiger partial charge in [0.1, 0.15) is 0 Å². The zero-order chi connectivity index (χ0) is 27.5. The molecule has 1 aromatic rings. The van der Waals surface area contributed by atoms with E-state index in [0.717, 1.165) is 60.6 Å². The smallest absolute Gasteiger partial charge is 0.0634 e. The highest BCUT2D eigenvalue weighted by atomic mass is 16.3. The first kappa shape index (κ1) is 27.8. The molecule has 0 spiro atoms. The van der Waals surface area contributed by atoms with Crippen LogP contribution in [0.1, 0.15) is 105 Å². The summed E-state index contributed by atoms with van der Waals surface area (Å²) < 4.78 is 0. The van der Waals surface area contributed by atoms with Crippen LogP contribution in [-0.2, 0) is 6.42 Å². The molecule has 0 bridgehead atoms. The van der Waals surface area contributed by atoms with Crippen molar-refractivity contribution in [3.8, 4) is 0 Å². The van der Waals surface area contributed by atoms with Gasteiger partial charge in [0.15, 0.2) is 0 Å². The number of hydrogen-bond acceptors (Lipinski definition) is 3. The molecule has 0 aromatic heterocycles. The van der Waals surface area contributed by atoms with Gasteiger partial charge in [-0.1, -0.05) is 90.2 Å². The van der Waals surface area contributed by atoms with E-state index in [0.29, 0.717) is 17.0 Å². The molecule has 2 fully saturated rings. The Hall–Kier alpha value is -1.74. The number of allylic oxidation sites excluding steroid dienone is 3. The fourth-order valence-corrected chi connectivity index (χ4v) is 9.94. The molecule has 4 aliphatic rings. The predicted molar refractivity (Wildman–Crippen MR) is 161 cm³/mol. The summed E-state index contributed by atoms with van der Waals surface area (Å²) >= 11 is 0. The van der Waals surface area contributed by atoms with Gasteiger partial charge in [-0.2, -0.15) is 0 Å². The van der Waals surface area contributed by atoms with Crippen molar-refractivity contribution in [1.29, 1.82) is 0 Å². The van der Waals surface area contributed by atoms with Crippen molar-refractivity contribution in [1.82, 2.24) is 0 Å². The first-order valence-corrected chi connectivity index (χ1v) is 15.6. The maximum Gasteiger partial charge on any atom is 0.0634 e. The van der Waals surface area contributed by atoms with Crippen molar-refractivity contribution in [2.45, 2.75) is 112 Å². The number of hydrogen-bond donors (Lipinski definition) is 3. The number of anilines is 2. The molecule has 2 saturated carbocycles. The monoisotopic (exact) mass is 518 g/mol. The van der Waals surface area contributed by atoms with E-state index in [1.165, 1.54) is 44.1 Å². The van der Waals surface area contributed by atoms with E-state index in [2.05, 4.69) is 59.8 Å². The fourth-order valence-electron chi connectivity index (χ4n) is 9.94. The molecule has 0 radical (unpaired) electrons. The van der Waals surface area contributed by atoms with Gasteiger partial charge in [-0.15, -0.1) is 0 Å². The fraction of sp³-hybridized carbons (Fsp3) is 0.714. The number of benzene rings is 1. The molecule has 0 amide bonds. The van der Waals surface area contributed by atoms with Crippen molar-refractivity contribution >= 4 is 11.4 Å². The minimum Gasteiger partial charge on any atom is -0.399 e. The Morgan fingerprint density at radius 3 is 2.47 bits per heavy atom. The summed E-state index contributed by atoms with van der Waals surface area (Å²) in [6.07, 6.45) is 16.9. The standard InChI is InChI=1S/C35H54N2O/c1-22(2)8-7-9-23(3)27-13-14-28-26-12-15-31-34(5,29(26)16-18-33(27,28)4)19-17-32(38)35(31,6)21-24-10-11-25(36)20-30(24)37/h10-11,15-16,20,22-23,26-28,32,38H,7-9,12-14,17-19,21,36-37H2,1-6H3. The summed E-state index contributed by atoms with van der Waals surface area (Å²) in [5.41, 5.74) is 18.3. The number of fused-ring (bicyclic) bond motifs is 5. The average molecular weight is 519 g/mol. The average Bonchev–Trinajstić information content (AvgIpc) is 3.21. The maximum absolute atomic E-state index is 11.5. The Labute approximate surface area is 232 Å². The van der Waals surface area contributed by atoms with Gasteiger partial charge in [-0.25, -0.2) is 0 Å². The molecule has 210 valence electrons. The summed E-state index contributed by atoms with van der Waals surface area (Å²) in [7, 11) is 0. The van der Waals surface area contributed by atoms with E-state index in [-0.39, 0.29) is 16.9 Å². The number of nitrogens with two attached hydrogens (primary N) is 2. The van der Waals surface area contributed by atoms with Gasteiger partial charge in [0, 0.05) is 22.2 Å². The zero-order valence-electron chi connectivity index (χ0n) is 25.0. The summed E-state index contributed by atoms with van der Waals surface area (Å²) in [5.74, 6) is 3.94. The Bertz CT molecular complexity index is 1100. The Morgan fingerprint density at radius 2 is 1.76 bits per heavy atom. The highest BCUT2D eigenvalue weighted by Crippen LogP contribution is 2.67. The van der Waals surface area contributed by atoms with Gasteiger partial charge < -0.3 is 16.6 Å². The van der Waals surface area contributed by atoms with Gasteiger partial charge in [-0.05, 0) is 97.6 Å². The molecule has 5 N–H and O–H groups in total. The van der Waals surface area contributed by atoms with Crippen molar-refractivity contribution in [3.63, 3.8) is 0 Å². The van der Waals surface area contributed by atoms with Crippen molar-refractivity contribution in [3.05, 3.63) is 47.1 Å². The third kappa shape index (κ3) is 4.45. The lowest BCUT2D eigenvalue weighted by molar-refractivity contribution is -0.00207. The molecular weight excluding hydrogens is 464 g/mol. The molecule has 1 aromatic carbocycles. The highest BCUT2D eigenvalue weighted by molar-refractivity contribution is 5.57. The van der Waals surface area contributed by atoms with Crippen molar-refractivity contribution in [2.75, 3.05) is 11.5 Å². The Morgan fingerprint density at radius 1 is 1.00 bits per heavy atom. The molecule has 5 rings (SSSR count). The van der Waals surface area contributed by atoms with Crippen LogP contribution < -0.4 is 11.5 Å². The Kier molecular flexibility index (Phi) is 7.34. The van der Waals surface area contributed by atoms with Crippen molar-refractivity contribution in [2.24, 2.45) is 45.8 Å². The maximum atomic E-state index is 11.5. The molecule has 4 aliphatic carbocycles. The number of rotatable bonds is 7. The van der Waals surface area contributed by atoms with Crippen LogP contribution in [0.25, 0.3) is 0 Å². The topological polar surface area (TPSA) is 72.3 Å². The van der Waals surface area contributed by atoms with Crippen LogP contribution in [0, 0.1) is 45.8 Å².